The first kappa shape index (κ1) is 28.3. The van der Waals surface area contributed by atoms with Crippen LogP contribution in [-0.2, 0) is 22.6 Å². The number of nitrogens with zero attached hydrogens (tertiary/aromatic N) is 1. The lowest BCUT2D eigenvalue weighted by molar-refractivity contribution is -0.143. The number of amides is 2. The Morgan fingerprint density at radius 2 is 1.65 bits per heavy atom. The van der Waals surface area contributed by atoms with Gasteiger partial charge in [-0.05, 0) is 80.1 Å². The first-order valence-electron chi connectivity index (χ1n) is 12.8. The van der Waals surface area contributed by atoms with Crippen molar-refractivity contribution in [3.05, 3.63) is 99.6 Å². The third kappa shape index (κ3) is 8.09. The van der Waals surface area contributed by atoms with E-state index in [0.717, 1.165) is 34.2 Å². The van der Waals surface area contributed by atoms with Crippen molar-refractivity contribution >= 4 is 23.4 Å². The second kappa shape index (κ2) is 13.3. The van der Waals surface area contributed by atoms with E-state index in [4.69, 9.17) is 16.3 Å². The Morgan fingerprint density at radius 3 is 2.30 bits per heavy atom. The second-order valence-electron chi connectivity index (χ2n) is 9.67. The van der Waals surface area contributed by atoms with Crippen molar-refractivity contribution in [2.24, 2.45) is 0 Å². The summed E-state index contributed by atoms with van der Waals surface area (Å²) >= 11 is 6.10. The Kier molecular flexibility index (Phi) is 10.2. The number of benzene rings is 3. The molecule has 2 atom stereocenters. The minimum atomic E-state index is -0.705. The summed E-state index contributed by atoms with van der Waals surface area (Å²) in [4.78, 5) is 28.9. The van der Waals surface area contributed by atoms with Crippen molar-refractivity contribution < 1.29 is 14.3 Å². The van der Waals surface area contributed by atoms with Gasteiger partial charge in [0.05, 0.1) is 0 Å². The number of ether oxygens (including phenoxy) is 1. The maximum atomic E-state index is 13.8. The van der Waals surface area contributed by atoms with Gasteiger partial charge < -0.3 is 15.0 Å². The van der Waals surface area contributed by atoms with E-state index in [1.807, 2.05) is 83.1 Å². The van der Waals surface area contributed by atoms with Crippen LogP contribution in [0.5, 0.6) is 5.75 Å². The zero-order valence-electron chi connectivity index (χ0n) is 22.4. The first-order chi connectivity index (χ1) is 17.7. The average molecular weight is 521 g/mol. The van der Waals surface area contributed by atoms with Crippen LogP contribution < -0.4 is 10.1 Å². The Morgan fingerprint density at radius 1 is 0.973 bits per heavy atom. The predicted molar refractivity (Wildman–Crippen MR) is 150 cm³/mol. The average Bonchev–Trinajstić information content (AvgIpc) is 2.88. The Labute approximate surface area is 225 Å². The van der Waals surface area contributed by atoms with Gasteiger partial charge in [0.2, 0.25) is 5.91 Å². The number of halogens is 1. The molecule has 0 aliphatic heterocycles. The fourth-order valence-corrected chi connectivity index (χ4v) is 4.28. The molecule has 0 heterocycles. The fraction of sp³-hybridized carbons (Fsp3) is 0.355. The predicted octanol–water partition coefficient (Wildman–Crippen LogP) is 6.20. The topological polar surface area (TPSA) is 58.6 Å². The van der Waals surface area contributed by atoms with Crippen LogP contribution in [0, 0.1) is 20.8 Å². The zero-order valence-corrected chi connectivity index (χ0v) is 23.1. The van der Waals surface area contributed by atoms with Crippen LogP contribution in [0.2, 0.25) is 5.02 Å². The van der Waals surface area contributed by atoms with E-state index in [1.165, 1.54) is 0 Å². The maximum Gasteiger partial charge on any atom is 0.261 e. The lowest BCUT2D eigenvalue weighted by atomic mass is 10.0. The number of aryl methyl sites for hydroxylation is 2. The van der Waals surface area contributed by atoms with E-state index in [2.05, 4.69) is 11.4 Å². The van der Waals surface area contributed by atoms with Gasteiger partial charge in [0.1, 0.15) is 11.8 Å². The summed E-state index contributed by atoms with van der Waals surface area (Å²) in [5.41, 5.74) is 5.04. The van der Waals surface area contributed by atoms with Crippen LogP contribution in [-0.4, -0.2) is 35.4 Å². The summed E-state index contributed by atoms with van der Waals surface area (Å²) in [6, 6.07) is 20.4. The van der Waals surface area contributed by atoms with E-state index in [0.29, 0.717) is 17.2 Å². The molecule has 2 amide bonds. The lowest BCUT2D eigenvalue weighted by Crippen LogP contribution is -2.53. The molecule has 37 heavy (non-hydrogen) atoms. The van der Waals surface area contributed by atoms with E-state index in [9.17, 15) is 9.59 Å². The van der Waals surface area contributed by atoms with Crippen LogP contribution >= 0.6 is 11.6 Å². The molecule has 0 bridgehead atoms. The molecule has 5 nitrogen and oxygen atoms in total. The number of carbonyl (C=O) groups excluding carboxylic acids is 2. The van der Waals surface area contributed by atoms with Gasteiger partial charge in [0.25, 0.3) is 5.91 Å². The second-order valence-corrected chi connectivity index (χ2v) is 10.1. The highest BCUT2D eigenvalue weighted by molar-refractivity contribution is 6.30. The van der Waals surface area contributed by atoms with E-state index in [1.54, 1.807) is 17.0 Å². The molecule has 3 aromatic rings. The number of hydrogen-bond donors (Lipinski definition) is 1. The first-order valence-corrected chi connectivity index (χ1v) is 13.1. The van der Waals surface area contributed by atoms with Crippen molar-refractivity contribution in [2.45, 2.75) is 66.1 Å². The number of nitrogens with one attached hydrogen (secondary N) is 1. The van der Waals surface area contributed by atoms with Gasteiger partial charge in [0, 0.05) is 24.0 Å². The van der Waals surface area contributed by atoms with Crippen LogP contribution in [0.15, 0.2) is 66.7 Å². The highest BCUT2D eigenvalue weighted by Gasteiger charge is 2.31. The van der Waals surface area contributed by atoms with Gasteiger partial charge in [0.15, 0.2) is 6.61 Å². The largest absolute Gasteiger partial charge is 0.483 e. The fourth-order valence-electron chi connectivity index (χ4n) is 4.15. The molecule has 3 rings (SSSR count). The van der Waals surface area contributed by atoms with Crippen molar-refractivity contribution in [3.63, 3.8) is 0 Å². The molecule has 0 aromatic heterocycles. The molecule has 6 heteroatoms. The standard InChI is InChI=1S/C31H37ClN2O3/c1-6-23(4)33-31(36)28(18-25-10-8-7-9-11-25)34(19-26-12-14-27(32)15-13-26)30(35)20-37-29-17-21(2)16-22(3)24(29)5/h7-17,23,28H,6,18-20H2,1-5H3,(H,33,36)/t23-,28-/m1/s1. The van der Waals surface area contributed by atoms with Crippen LogP contribution in [0.1, 0.15) is 48.1 Å². The molecule has 0 saturated heterocycles. The summed E-state index contributed by atoms with van der Waals surface area (Å²) in [5.74, 6) is 0.248. The van der Waals surface area contributed by atoms with Gasteiger partial charge in [-0.15, -0.1) is 0 Å². The summed E-state index contributed by atoms with van der Waals surface area (Å²) < 4.78 is 6.04. The molecular formula is C31H37ClN2O3. The number of rotatable bonds is 11. The molecule has 0 spiro atoms. The molecule has 0 unspecified atom stereocenters. The summed E-state index contributed by atoms with van der Waals surface area (Å²) in [6.07, 6.45) is 1.19. The van der Waals surface area contributed by atoms with Crippen LogP contribution in [0.25, 0.3) is 0 Å². The van der Waals surface area contributed by atoms with Crippen molar-refractivity contribution in [1.29, 1.82) is 0 Å². The lowest BCUT2D eigenvalue weighted by Gasteiger charge is -2.32. The van der Waals surface area contributed by atoms with E-state index >= 15 is 0 Å². The van der Waals surface area contributed by atoms with Crippen molar-refractivity contribution in [2.75, 3.05) is 6.61 Å². The van der Waals surface area contributed by atoms with Crippen molar-refractivity contribution in [1.82, 2.24) is 10.2 Å². The summed E-state index contributed by atoms with van der Waals surface area (Å²) in [7, 11) is 0. The molecule has 0 fully saturated rings. The number of carbonyl (C=O) groups is 2. The highest BCUT2D eigenvalue weighted by atomic mass is 35.5. The smallest absolute Gasteiger partial charge is 0.261 e. The van der Waals surface area contributed by atoms with Gasteiger partial charge in [-0.2, -0.15) is 0 Å². The molecular weight excluding hydrogens is 484 g/mol. The highest BCUT2D eigenvalue weighted by Crippen LogP contribution is 2.24. The quantitative estimate of drug-likeness (QED) is 0.327. The summed E-state index contributed by atoms with van der Waals surface area (Å²) in [5, 5.41) is 3.70. The van der Waals surface area contributed by atoms with Crippen molar-refractivity contribution in [3.8, 4) is 5.75 Å². The maximum absolute atomic E-state index is 13.8. The van der Waals surface area contributed by atoms with Gasteiger partial charge in [-0.1, -0.05) is 67.1 Å². The normalized spacial score (nSPS) is 12.5. The molecule has 0 saturated carbocycles. The minimum Gasteiger partial charge on any atom is -0.483 e. The van der Waals surface area contributed by atoms with Gasteiger partial charge in [-0.3, -0.25) is 9.59 Å². The third-order valence-electron chi connectivity index (χ3n) is 6.65. The molecule has 3 aromatic carbocycles. The molecule has 1 N–H and O–H groups in total. The molecule has 0 aliphatic rings. The third-order valence-corrected chi connectivity index (χ3v) is 6.91. The van der Waals surface area contributed by atoms with Gasteiger partial charge >= 0.3 is 0 Å². The Hall–Kier alpha value is -3.31. The zero-order chi connectivity index (χ0) is 26.9. The Bertz CT molecular complexity index is 1200. The number of hydrogen-bond acceptors (Lipinski definition) is 3. The minimum absolute atomic E-state index is 0.00701. The summed E-state index contributed by atoms with van der Waals surface area (Å²) in [6.45, 7) is 10.1. The monoisotopic (exact) mass is 520 g/mol. The van der Waals surface area contributed by atoms with Gasteiger partial charge in [-0.25, -0.2) is 0 Å². The van der Waals surface area contributed by atoms with Crippen LogP contribution in [0.3, 0.4) is 0 Å². The van der Waals surface area contributed by atoms with Crippen LogP contribution in [0.4, 0.5) is 0 Å². The SMILES string of the molecule is CC[C@@H](C)NC(=O)[C@@H](Cc1ccccc1)N(Cc1ccc(Cl)cc1)C(=O)COc1cc(C)cc(C)c1C. The Balaban J connectivity index is 1.94. The van der Waals surface area contributed by atoms with E-state index < -0.39 is 6.04 Å². The molecule has 0 aliphatic carbocycles. The van der Waals surface area contributed by atoms with E-state index in [-0.39, 0.29) is 31.0 Å². The molecule has 196 valence electrons. The molecule has 0 radical (unpaired) electrons.